The Morgan fingerprint density at radius 1 is 1.23 bits per heavy atom. The van der Waals surface area contributed by atoms with Crippen molar-refractivity contribution in [3.63, 3.8) is 0 Å². The molecule has 0 amide bonds. The molecule has 1 aromatic carbocycles. The Balaban J connectivity index is 0.000000503. The summed E-state index contributed by atoms with van der Waals surface area (Å²) in [5, 5.41) is 17.6. The SMILES string of the molecule is COC(=O)C1=CO[C@@H](C)[C@H]2C[n+]3ccc4c([n-]c5ccccc54)c3C[C@H]12.OCCO. The maximum atomic E-state index is 12.3. The number of hydrogen-bond acceptors (Lipinski definition) is 5. The number of fused-ring (bicyclic) bond motifs is 6. The van der Waals surface area contributed by atoms with E-state index in [2.05, 4.69) is 29.8 Å². The number of esters is 1. The molecule has 3 atom stereocenters. The van der Waals surface area contributed by atoms with Crippen LogP contribution < -0.4 is 9.55 Å². The first-order valence-corrected chi connectivity index (χ1v) is 10.1. The predicted octanol–water partition coefficient (Wildman–Crippen LogP) is 1.47. The highest BCUT2D eigenvalue weighted by Crippen LogP contribution is 2.38. The van der Waals surface area contributed by atoms with E-state index in [0.29, 0.717) is 5.57 Å². The summed E-state index contributed by atoms with van der Waals surface area (Å²) < 4.78 is 13.0. The summed E-state index contributed by atoms with van der Waals surface area (Å²) in [4.78, 5) is 17.1. The molecule has 0 unspecified atom stereocenters. The van der Waals surface area contributed by atoms with Gasteiger partial charge in [0.2, 0.25) is 0 Å². The highest BCUT2D eigenvalue weighted by Gasteiger charge is 2.44. The number of carbonyl (C=O) groups is 1. The highest BCUT2D eigenvalue weighted by molar-refractivity contribution is 6.07. The topological polar surface area (TPSA) is 94.0 Å². The minimum atomic E-state index is -0.298. The maximum absolute atomic E-state index is 12.3. The van der Waals surface area contributed by atoms with E-state index in [1.54, 1.807) is 6.26 Å². The van der Waals surface area contributed by atoms with Gasteiger partial charge in [-0.05, 0) is 17.7 Å². The van der Waals surface area contributed by atoms with Crippen LogP contribution in [0, 0.1) is 11.8 Å². The quantitative estimate of drug-likeness (QED) is 0.491. The molecule has 5 rings (SSSR count). The lowest BCUT2D eigenvalue weighted by Crippen LogP contribution is -2.54. The minimum absolute atomic E-state index is 0.0662. The van der Waals surface area contributed by atoms with Crippen molar-refractivity contribution in [1.82, 2.24) is 4.98 Å². The fourth-order valence-corrected chi connectivity index (χ4v) is 4.49. The number of hydrogen-bond donors (Lipinski definition) is 2. The molecule has 158 valence electrons. The lowest BCUT2D eigenvalue weighted by molar-refractivity contribution is -0.717. The van der Waals surface area contributed by atoms with Gasteiger partial charge in [-0.1, -0.05) is 29.8 Å². The third kappa shape index (κ3) is 3.44. The summed E-state index contributed by atoms with van der Waals surface area (Å²) in [5.74, 6) is 0.0400. The molecule has 2 aliphatic heterocycles. The molecule has 3 aromatic rings. The Kier molecular flexibility index (Phi) is 5.74. The maximum Gasteiger partial charge on any atom is 0.337 e. The summed E-state index contributed by atoms with van der Waals surface area (Å²) in [6.07, 6.45) is 4.57. The Hall–Kier alpha value is -2.90. The molecule has 0 fully saturated rings. The molecular weight excluding hydrogens is 384 g/mol. The van der Waals surface area contributed by atoms with Gasteiger partial charge < -0.3 is 24.7 Å². The number of pyridine rings is 1. The molecule has 0 aliphatic carbocycles. The zero-order valence-corrected chi connectivity index (χ0v) is 17.1. The highest BCUT2D eigenvalue weighted by atomic mass is 16.5. The monoisotopic (exact) mass is 410 g/mol. The van der Waals surface area contributed by atoms with Crippen LogP contribution in [0.25, 0.3) is 21.8 Å². The molecule has 2 aliphatic rings. The summed E-state index contributed by atoms with van der Waals surface area (Å²) in [6, 6.07) is 10.4. The van der Waals surface area contributed by atoms with Gasteiger partial charge in [0.25, 0.3) is 0 Å². The van der Waals surface area contributed by atoms with Gasteiger partial charge in [-0.25, -0.2) is 9.36 Å². The molecule has 0 saturated carbocycles. The number of methoxy groups -OCH3 is 1. The van der Waals surface area contributed by atoms with E-state index in [4.69, 9.17) is 24.7 Å². The van der Waals surface area contributed by atoms with Crippen molar-refractivity contribution in [3.8, 4) is 0 Å². The van der Waals surface area contributed by atoms with Gasteiger partial charge in [0.05, 0.1) is 38.1 Å². The van der Waals surface area contributed by atoms with Crippen LogP contribution >= 0.6 is 0 Å². The van der Waals surface area contributed by atoms with Gasteiger partial charge in [0, 0.05) is 18.4 Å². The molecule has 30 heavy (non-hydrogen) atoms. The van der Waals surface area contributed by atoms with Gasteiger partial charge >= 0.3 is 5.97 Å². The lowest BCUT2D eigenvalue weighted by Gasteiger charge is -2.37. The molecule has 0 bridgehead atoms. The van der Waals surface area contributed by atoms with Crippen LogP contribution in [-0.2, 0) is 27.2 Å². The Bertz CT molecular complexity index is 1100. The largest absolute Gasteiger partial charge is 0.652 e. The van der Waals surface area contributed by atoms with E-state index < -0.39 is 0 Å². The molecule has 0 saturated heterocycles. The Morgan fingerprint density at radius 3 is 2.73 bits per heavy atom. The van der Waals surface area contributed by atoms with Crippen molar-refractivity contribution >= 4 is 27.8 Å². The molecule has 2 N–H and O–H groups in total. The number of aliphatic hydroxyl groups is 2. The van der Waals surface area contributed by atoms with Crippen molar-refractivity contribution in [2.45, 2.75) is 26.0 Å². The van der Waals surface area contributed by atoms with Crippen LogP contribution in [-0.4, -0.2) is 42.6 Å². The Morgan fingerprint density at radius 2 is 2.00 bits per heavy atom. The van der Waals surface area contributed by atoms with E-state index in [0.717, 1.165) is 24.0 Å². The summed E-state index contributed by atoms with van der Waals surface area (Å²) in [7, 11) is 1.42. The second kappa shape index (κ2) is 8.45. The first kappa shape index (κ1) is 20.4. The third-order valence-electron chi connectivity index (χ3n) is 5.99. The van der Waals surface area contributed by atoms with Crippen molar-refractivity contribution in [3.05, 3.63) is 54.1 Å². The number of benzene rings is 1. The van der Waals surface area contributed by atoms with Crippen LogP contribution in [0.15, 0.2) is 48.4 Å². The molecular formula is C23H26N2O5. The molecule has 7 heteroatoms. The van der Waals surface area contributed by atoms with Crippen molar-refractivity contribution < 1.29 is 29.0 Å². The summed E-state index contributed by atoms with van der Waals surface area (Å²) in [5.41, 5.74) is 3.87. The fraction of sp³-hybridized carbons (Fsp3) is 0.391. The molecule has 2 aromatic heterocycles. The zero-order chi connectivity index (χ0) is 21.3. The summed E-state index contributed by atoms with van der Waals surface area (Å²) >= 11 is 0. The number of para-hydroxylation sites is 1. The summed E-state index contributed by atoms with van der Waals surface area (Å²) in [6.45, 7) is 2.63. The first-order valence-electron chi connectivity index (χ1n) is 10.1. The number of aromatic nitrogens is 2. The fourth-order valence-electron chi connectivity index (χ4n) is 4.49. The van der Waals surface area contributed by atoms with Gasteiger partial charge in [-0.3, -0.25) is 0 Å². The number of rotatable bonds is 2. The van der Waals surface area contributed by atoms with Crippen LogP contribution in [0.3, 0.4) is 0 Å². The normalized spacial score (nSPS) is 22.3. The third-order valence-corrected chi connectivity index (χ3v) is 5.99. The number of nitrogens with zero attached hydrogens (tertiary/aromatic N) is 2. The first-order chi connectivity index (χ1) is 14.6. The lowest BCUT2D eigenvalue weighted by atomic mass is 9.76. The number of carbonyl (C=O) groups excluding carboxylic acids is 1. The number of aliphatic hydroxyl groups excluding tert-OH is 2. The average molecular weight is 410 g/mol. The second-order valence-electron chi connectivity index (χ2n) is 7.63. The van der Waals surface area contributed by atoms with Crippen molar-refractivity contribution in [2.24, 2.45) is 11.8 Å². The van der Waals surface area contributed by atoms with Gasteiger partial charge in [0.15, 0.2) is 18.4 Å². The van der Waals surface area contributed by atoms with Crippen LogP contribution in [0.4, 0.5) is 0 Å². The van der Waals surface area contributed by atoms with E-state index in [-0.39, 0.29) is 37.1 Å². The van der Waals surface area contributed by atoms with E-state index in [1.165, 1.54) is 23.6 Å². The van der Waals surface area contributed by atoms with Gasteiger partial charge in [-0.15, -0.1) is 5.52 Å². The average Bonchev–Trinajstić information content (AvgIpc) is 3.17. The van der Waals surface area contributed by atoms with E-state index in [9.17, 15) is 4.79 Å². The van der Waals surface area contributed by atoms with E-state index >= 15 is 0 Å². The molecule has 0 radical (unpaired) electrons. The molecule has 7 nitrogen and oxygen atoms in total. The van der Waals surface area contributed by atoms with Crippen molar-refractivity contribution in [2.75, 3.05) is 20.3 Å². The second-order valence-corrected chi connectivity index (χ2v) is 7.63. The zero-order valence-electron chi connectivity index (χ0n) is 17.1. The predicted molar refractivity (Wildman–Crippen MR) is 110 cm³/mol. The number of ether oxygens (including phenoxy) is 2. The standard InChI is InChI=1S/C21H20N2O3.C2H6O2/c1-12-16-10-23-8-7-14-13-5-3-4-6-18(13)22-20(14)19(23)9-15(16)17(11-26-12)21(24)25-2;3-1-2-4/h3-8,11-12,15-16H,9-10H2,1-2H3;3-4H,1-2H2/t12-,15-,16+;/m0./s1. The van der Waals surface area contributed by atoms with Crippen LogP contribution in [0.1, 0.15) is 12.6 Å². The van der Waals surface area contributed by atoms with Gasteiger partial charge in [0.1, 0.15) is 6.10 Å². The molecule has 4 heterocycles. The minimum Gasteiger partial charge on any atom is -0.652 e. The molecule has 0 spiro atoms. The van der Waals surface area contributed by atoms with Crippen LogP contribution in [0.2, 0.25) is 0 Å². The smallest absolute Gasteiger partial charge is 0.337 e. The van der Waals surface area contributed by atoms with E-state index in [1.807, 2.05) is 18.2 Å². The van der Waals surface area contributed by atoms with Gasteiger partial charge in [-0.2, -0.15) is 0 Å². The Labute approximate surface area is 174 Å². The van der Waals surface area contributed by atoms with Crippen LogP contribution in [0.5, 0.6) is 0 Å². The van der Waals surface area contributed by atoms with Crippen molar-refractivity contribution in [1.29, 1.82) is 0 Å².